The maximum atomic E-state index is 12.0. The lowest BCUT2D eigenvalue weighted by Gasteiger charge is -2.24. The molecule has 1 amide bonds. The second-order valence-corrected chi connectivity index (χ2v) is 4.68. The Balaban J connectivity index is 1.92. The molecule has 2 atom stereocenters. The van der Waals surface area contributed by atoms with Gasteiger partial charge in [-0.2, -0.15) is 0 Å². The number of nitrogens with zero attached hydrogens (tertiary/aromatic N) is 1. The molecule has 1 aromatic heterocycles. The molecule has 4 N–H and O–H groups in total. The monoisotopic (exact) mass is 266 g/mol. The Kier molecular flexibility index (Phi) is 4.51. The molecule has 0 bridgehead atoms. The highest BCUT2D eigenvalue weighted by atomic mass is 16.4. The summed E-state index contributed by atoms with van der Waals surface area (Å²) in [6, 6.07) is -1.21. The zero-order valence-corrected chi connectivity index (χ0v) is 10.6. The lowest BCUT2D eigenvalue weighted by Crippen LogP contribution is -2.52. The van der Waals surface area contributed by atoms with E-state index in [4.69, 9.17) is 5.11 Å². The molecule has 1 saturated heterocycles. The van der Waals surface area contributed by atoms with Crippen molar-refractivity contribution in [1.29, 1.82) is 0 Å². The first-order valence-electron chi connectivity index (χ1n) is 6.40. The fourth-order valence-electron chi connectivity index (χ4n) is 2.16. The number of aliphatic carboxylic acids is 1. The summed E-state index contributed by atoms with van der Waals surface area (Å²) >= 11 is 0. The van der Waals surface area contributed by atoms with E-state index in [9.17, 15) is 9.59 Å². The molecular formula is C12H18N4O3. The number of amides is 1. The van der Waals surface area contributed by atoms with E-state index in [2.05, 4.69) is 20.6 Å². The van der Waals surface area contributed by atoms with Crippen molar-refractivity contribution in [2.75, 3.05) is 6.54 Å². The molecule has 1 aromatic rings. The number of nitrogens with one attached hydrogen (secondary N) is 3. The van der Waals surface area contributed by atoms with E-state index in [1.165, 1.54) is 6.33 Å². The van der Waals surface area contributed by atoms with E-state index in [0.29, 0.717) is 5.69 Å². The van der Waals surface area contributed by atoms with E-state index in [-0.39, 0.29) is 18.4 Å². The maximum Gasteiger partial charge on any atom is 0.326 e. The topological polar surface area (TPSA) is 107 Å². The first-order valence-corrected chi connectivity index (χ1v) is 6.40. The van der Waals surface area contributed by atoms with Crippen molar-refractivity contribution in [3.63, 3.8) is 0 Å². The van der Waals surface area contributed by atoms with Gasteiger partial charge in [-0.1, -0.05) is 6.42 Å². The lowest BCUT2D eigenvalue weighted by molar-refractivity contribution is -0.142. The molecule has 1 aliphatic rings. The summed E-state index contributed by atoms with van der Waals surface area (Å²) in [6.07, 6.45) is 6.04. The molecule has 0 aliphatic carbocycles. The molecule has 0 aromatic carbocycles. The average molecular weight is 266 g/mol. The third kappa shape index (κ3) is 3.78. The van der Waals surface area contributed by atoms with Gasteiger partial charge in [0.2, 0.25) is 5.91 Å². The Hall–Kier alpha value is -1.89. The van der Waals surface area contributed by atoms with E-state index in [1.54, 1.807) is 6.20 Å². The van der Waals surface area contributed by atoms with Crippen LogP contribution in [0.25, 0.3) is 0 Å². The van der Waals surface area contributed by atoms with E-state index in [1.807, 2.05) is 0 Å². The molecular weight excluding hydrogens is 248 g/mol. The largest absolute Gasteiger partial charge is 0.480 e. The van der Waals surface area contributed by atoms with Crippen molar-refractivity contribution in [1.82, 2.24) is 20.6 Å². The molecule has 7 heteroatoms. The van der Waals surface area contributed by atoms with Crippen molar-refractivity contribution in [3.05, 3.63) is 18.2 Å². The minimum atomic E-state index is -1.04. The summed E-state index contributed by atoms with van der Waals surface area (Å²) in [4.78, 5) is 29.8. The van der Waals surface area contributed by atoms with Crippen LogP contribution in [0.2, 0.25) is 0 Å². The number of rotatable bonds is 5. The van der Waals surface area contributed by atoms with Gasteiger partial charge in [-0.15, -0.1) is 0 Å². The third-order valence-electron chi connectivity index (χ3n) is 3.22. The number of carboxylic acids is 1. The van der Waals surface area contributed by atoms with Crippen LogP contribution in [0.3, 0.4) is 0 Å². The molecule has 1 aliphatic heterocycles. The number of hydrogen-bond acceptors (Lipinski definition) is 4. The number of piperidine rings is 1. The number of carbonyl (C=O) groups excluding carboxylic acids is 1. The predicted octanol–water partition coefficient (Wildman–Crippen LogP) is -0.336. The van der Waals surface area contributed by atoms with Gasteiger partial charge in [-0.05, 0) is 19.4 Å². The van der Waals surface area contributed by atoms with Gasteiger partial charge in [0.1, 0.15) is 6.04 Å². The van der Waals surface area contributed by atoms with E-state index < -0.39 is 12.0 Å². The first kappa shape index (κ1) is 13.5. The molecule has 2 rings (SSSR count). The number of carboxylic acid groups (broad SMARTS) is 1. The summed E-state index contributed by atoms with van der Waals surface area (Å²) in [5.74, 6) is -1.29. The predicted molar refractivity (Wildman–Crippen MR) is 67.5 cm³/mol. The zero-order valence-electron chi connectivity index (χ0n) is 10.6. The number of H-pyrrole nitrogens is 1. The Morgan fingerprint density at radius 2 is 2.37 bits per heavy atom. The average Bonchev–Trinajstić information content (AvgIpc) is 2.91. The van der Waals surface area contributed by atoms with Crippen LogP contribution < -0.4 is 10.6 Å². The van der Waals surface area contributed by atoms with Crippen LogP contribution in [0, 0.1) is 0 Å². The standard InChI is InChI=1S/C12H18N4O3/c17-11(9-3-1-2-4-14-9)16-10(12(18)19)5-8-6-13-7-15-8/h6-7,9-10,14H,1-5H2,(H,13,15)(H,16,17)(H,18,19)/t9-,10+/m0/s1. The fraction of sp³-hybridized carbons (Fsp3) is 0.583. The molecule has 104 valence electrons. The quantitative estimate of drug-likeness (QED) is 0.583. The van der Waals surface area contributed by atoms with Crippen LogP contribution in [0.5, 0.6) is 0 Å². The van der Waals surface area contributed by atoms with Gasteiger partial charge >= 0.3 is 5.97 Å². The number of hydrogen-bond donors (Lipinski definition) is 4. The number of carbonyl (C=O) groups is 2. The third-order valence-corrected chi connectivity index (χ3v) is 3.22. The molecule has 7 nitrogen and oxygen atoms in total. The van der Waals surface area contributed by atoms with Crippen LogP contribution in [-0.2, 0) is 16.0 Å². The zero-order chi connectivity index (χ0) is 13.7. The minimum Gasteiger partial charge on any atom is -0.480 e. The van der Waals surface area contributed by atoms with Gasteiger partial charge in [0.15, 0.2) is 0 Å². The SMILES string of the molecule is O=C(N[C@H](Cc1cnc[nH]1)C(=O)O)[C@@H]1CCCCN1. The molecule has 19 heavy (non-hydrogen) atoms. The molecule has 0 spiro atoms. The molecule has 0 radical (unpaired) electrons. The minimum absolute atomic E-state index is 0.202. The lowest BCUT2D eigenvalue weighted by atomic mass is 10.0. The summed E-state index contributed by atoms with van der Waals surface area (Å²) in [5.41, 5.74) is 0.685. The molecule has 0 saturated carbocycles. The Bertz CT molecular complexity index is 426. The van der Waals surface area contributed by atoms with Crippen molar-refractivity contribution in [2.45, 2.75) is 37.8 Å². The number of aromatic nitrogens is 2. The van der Waals surface area contributed by atoms with Crippen LogP contribution in [0.4, 0.5) is 0 Å². The molecule has 2 heterocycles. The normalized spacial score (nSPS) is 20.7. The summed E-state index contributed by atoms with van der Waals surface area (Å²) < 4.78 is 0. The summed E-state index contributed by atoms with van der Waals surface area (Å²) in [6.45, 7) is 0.802. The van der Waals surface area contributed by atoms with Crippen LogP contribution in [0.15, 0.2) is 12.5 Å². The fourth-order valence-corrected chi connectivity index (χ4v) is 2.16. The van der Waals surface area contributed by atoms with Gasteiger partial charge in [-0.3, -0.25) is 4.79 Å². The van der Waals surface area contributed by atoms with Gasteiger partial charge < -0.3 is 20.7 Å². The number of aromatic amines is 1. The number of imidazole rings is 1. The van der Waals surface area contributed by atoms with Crippen molar-refractivity contribution in [2.24, 2.45) is 0 Å². The van der Waals surface area contributed by atoms with Gasteiger partial charge in [-0.25, -0.2) is 9.78 Å². The highest BCUT2D eigenvalue weighted by molar-refractivity contribution is 5.87. The smallest absolute Gasteiger partial charge is 0.326 e. The summed E-state index contributed by atoms with van der Waals surface area (Å²) in [5, 5.41) is 14.8. The Morgan fingerprint density at radius 3 is 2.95 bits per heavy atom. The van der Waals surface area contributed by atoms with Crippen molar-refractivity contribution < 1.29 is 14.7 Å². The highest BCUT2D eigenvalue weighted by Gasteiger charge is 2.26. The van der Waals surface area contributed by atoms with Crippen molar-refractivity contribution >= 4 is 11.9 Å². The van der Waals surface area contributed by atoms with Gasteiger partial charge in [0, 0.05) is 18.3 Å². The Morgan fingerprint density at radius 1 is 1.53 bits per heavy atom. The Labute approximate surface area is 110 Å². The maximum absolute atomic E-state index is 12.0. The summed E-state index contributed by atoms with van der Waals surface area (Å²) in [7, 11) is 0. The van der Waals surface area contributed by atoms with Crippen LogP contribution in [-0.4, -0.2) is 45.6 Å². The second-order valence-electron chi connectivity index (χ2n) is 4.68. The molecule has 0 unspecified atom stereocenters. The first-order chi connectivity index (χ1) is 9.16. The highest BCUT2D eigenvalue weighted by Crippen LogP contribution is 2.08. The van der Waals surface area contributed by atoms with E-state index in [0.717, 1.165) is 25.8 Å². The van der Waals surface area contributed by atoms with Crippen LogP contribution >= 0.6 is 0 Å². The van der Waals surface area contributed by atoms with Gasteiger partial charge in [0.05, 0.1) is 12.4 Å². The second kappa shape index (κ2) is 6.33. The van der Waals surface area contributed by atoms with Crippen molar-refractivity contribution in [3.8, 4) is 0 Å². The van der Waals surface area contributed by atoms with E-state index >= 15 is 0 Å². The van der Waals surface area contributed by atoms with Crippen LogP contribution in [0.1, 0.15) is 25.0 Å². The van der Waals surface area contributed by atoms with Gasteiger partial charge in [0.25, 0.3) is 0 Å². The molecule has 1 fully saturated rings.